The Bertz CT molecular complexity index is 486. The summed E-state index contributed by atoms with van der Waals surface area (Å²) >= 11 is 0. The predicted octanol–water partition coefficient (Wildman–Crippen LogP) is 3.35. The topological polar surface area (TPSA) is 35.0 Å². The molecule has 2 aromatic rings. The molecule has 0 fully saturated rings. The molecule has 3 heteroatoms. The molecule has 0 radical (unpaired) electrons. The first-order chi connectivity index (χ1) is 8.55. The SMILES string of the molecule is CC(C)(C)c1ccc(OCc2ncccn2)cc1. The molecule has 0 amide bonds. The van der Waals surface area contributed by atoms with E-state index < -0.39 is 0 Å². The highest BCUT2D eigenvalue weighted by molar-refractivity contribution is 5.31. The number of rotatable bonds is 3. The van der Waals surface area contributed by atoms with Gasteiger partial charge in [-0.25, -0.2) is 9.97 Å². The van der Waals surface area contributed by atoms with Crippen molar-refractivity contribution < 1.29 is 4.74 Å². The predicted molar refractivity (Wildman–Crippen MR) is 71.5 cm³/mol. The van der Waals surface area contributed by atoms with Crippen LogP contribution in [0.25, 0.3) is 0 Å². The first-order valence-corrected chi connectivity index (χ1v) is 6.05. The summed E-state index contributed by atoms with van der Waals surface area (Å²) in [5, 5.41) is 0. The maximum Gasteiger partial charge on any atom is 0.166 e. The average molecular weight is 242 g/mol. The first-order valence-electron chi connectivity index (χ1n) is 6.05. The van der Waals surface area contributed by atoms with Crippen LogP contribution in [0, 0.1) is 0 Å². The third-order valence-corrected chi connectivity index (χ3v) is 2.71. The molecule has 0 saturated carbocycles. The van der Waals surface area contributed by atoms with Gasteiger partial charge in [-0.3, -0.25) is 0 Å². The van der Waals surface area contributed by atoms with Gasteiger partial charge in [-0.1, -0.05) is 32.9 Å². The van der Waals surface area contributed by atoms with Crippen molar-refractivity contribution in [2.24, 2.45) is 0 Å². The third-order valence-electron chi connectivity index (χ3n) is 2.71. The summed E-state index contributed by atoms with van der Waals surface area (Å²) in [6.07, 6.45) is 3.43. The van der Waals surface area contributed by atoms with Crippen molar-refractivity contribution in [1.29, 1.82) is 0 Å². The fourth-order valence-electron chi connectivity index (χ4n) is 1.60. The van der Waals surface area contributed by atoms with Gasteiger partial charge in [0.2, 0.25) is 0 Å². The molecule has 0 saturated heterocycles. The van der Waals surface area contributed by atoms with Crippen LogP contribution in [0.1, 0.15) is 32.2 Å². The number of benzene rings is 1. The first kappa shape index (κ1) is 12.6. The molecule has 3 nitrogen and oxygen atoms in total. The molecular weight excluding hydrogens is 224 g/mol. The van der Waals surface area contributed by atoms with Gasteiger partial charge in [0.15, 0.2) is 5.82 Å². The number of hydrogen-bond acceptors (Lipinski definition) is 3. The second-order valence-corrected chi connectivity index (χ2v) is 5.23. The molecule has 1 aromatic carbocycles. The molecule has 94 valence electrons. The van der Waals surface area contributed by atoms with Gasteiger partial charge in [-0.05, 0) is 29.2 Å². The summed E-state index contributed by atoms with van der Waals surface area (Å²) in [4.78, 5) is 8.23. The second kappa shape index (κ2) is 5.17. The largest absolute Gasteiger partial charge is 0.486 e. The van der Waals surface area contributed by atoms with Crippen LogP contribution >= 0.6 is 0 Å². The maximum atomic E-state index is 5.63. The highest BCUT2D eigenvalue weighted by Gasteiger charge is 2.12. The minimum absolute atomic E-state index is 0.168. The number of ether oxygens (including phenoxy) is 1. The van der Waals surface area contributed by atoms with Crippen LogP contribution in [0.3, 0.4) is 0 Å². The molecule has 2 rings (SSSR count). The van der Waals surface area contributed by atoms with Crippen molar-refractivity contribution >= 4 is 0 Å². The van der Waals surface area contributed by atoms with Gasteiger partial charge < -0.3 is 4.74 Å². The monoisotopic (exact) mass is 242 g/mol. The van der Waals surface area contributed by atoms with Crippen LogP contribution in [0.15, 0.2) is 42.7 Å². The highest BCUT2D eigenvalue weighted by atomic mass is 16.5. The number of aromatic nitrogens is 2. The van der Waals surface area contributed by atoms with E-state index in [1.165, 1.54) is 5.56 Å². The molecule has 1 heterocycles. The summed E-state index contributed by atoms with van der Waals surface area (Å²) in [6, 6.07) is 9.97. The number of hydrogen-bond donors (Lipinski definition) is 0. The Morgan fingerprint density at radius 3 is 2.17 bits per heavy atom. The van der Waals surface area contributed by atoms with E-state index in [2.05, 4.69) is 42.9 Å². The Labute approximate surface area is 108 Å². The van der Waals surface area contributed by atoms with Crippen LogP contribution in [0.2, 0.25) is 0 Å². The fraction of sp³-hybridized carbons (Fsp3) is 0.333. The molecule has 0 unspecified atom stereocenters. The summed E-state index contributed by atoms with van der Waals surface area (Å²) in [5.74, 6) is 1.54. The summed E-state index contributed by atoms with van der Waals surface area (Å²) in [6.45, 7) is 6.98. The van der Waals surface area contributed by atoms with E-state index in [1.807, 2.05) is 12.1 Å². The van der Waals surface area contributed by atoms with Gasteiger partial charge in [-0.2, -0.15) is 0 Å². The van der Waals surface area contributed by atoms with Gasteiger partial charge >= 0.3 is 0 Å². The van der Waals surface area contributed by atoms with Crippen LogP contribution < -0.4 is 4.74 Å². The molecule has 1 aromatic heterocycles. The summed E-state index contributed by atoms with van der Waals surface area (Å²) in [7, 11) is 0. The molecular formula is C15H18N2O. The third kappa shape index (κ3) is 3.29. The minimum Gasteiger partial charge on any atom is -0.486 e. The molecule has 0 aliphatic rings. The van der Waals surface area contributed by atoms with E-state index in [0.717, 1.165) is 5.75 Å². The zero-order valence-electron chi connectivity index (χ0n) is 11.1. The van der Waals surface area contributed by atoms with E-state index in [-0.39, 0.29) is 5.41 Å². The van der Waals surface area contributed by atoms with Crippen molar-refractivity contribution in [2.75, 3.05) is 0 Å². The smallest absolute Gasteiger partial charge is 0.166 e. The zero-order valence-corrected chi connectivity index (χ0v) is 11.1. The van der Waals surface area contributed by atoms with E-state index in [9.17, 15) is 0 Å². The van der Waals surface area contributed by atoms with Gasteiger partial charge in [0.05, 0.1) is 0 Å². The average Bonchev–Trinajstić information content (AvgIpc) is 2.37. The van der Waals surface area contributed by atoms with Crippen LogP contribution in [0.4, 0.5) is 0 Å². The quantitative estimate of drug-likeness (QED) is 0.827. The molecule has 0 spiro atoms. The van der Waals surface area contributed by atoms with Crippen LogP contribution in [0.5, 0.6) is 5.75 Å². The van der Waals surface area contributed by atoms with E-state index in [4.69, 9.17) is 4.74 Å². The molecule has 0 N–H and O–H groups in total. The standard InChI is InChI=1S/C15H18N2O/c1-15(2,3)12-5-7-13(8-6-12)18-11-14-16-9-4-10-17-14/h4-10H,11H2,1-3H3. The van der Waals surface area contributed by atoms with Gasteiger partial charge in [0.1, 0.15) is 12.4 Å². The van der Waals surface area contributed by atoms with Gasteiger partial charge in [-0.15, -0.1) is 0 Å². The lowest BCUT2D eigenvalue weighted by Crippen LogP contribution is -2.10. The summed E-state index contributed by atoms with van der Waals surface area (Å²) in [5.41, 5.74) is 1.46. The van der Waals surface area contributed by atoms with Gasteiger partial charge in [0, 0.05) is 12.4 Å². The van der Waals surface area contributed by atoms with E-state index in [0.29, 0.717) is 12.4 Å². The normalized spacial score (nSPS) is 11.3. The van der Waals surface area contributed by atoms with E-state index in [1.54, 1.807) is 18.5 Å². The highest BCUT2D eigenvalue weighted by Crippen LogP contribution is 2.24. The molecule has 0 bridgehead atoms. The van der Waals surface area contributed by atoms with Crippen molar-refractivity contribution in [2.45, 2.75) is 32.8 Å². The van der Waals surface area contributed by atoms with Crippen molar-refractivity contribution in [3.8, 4) is 5.75 Å². The Hall–Kier alpha value is -1.90. The van der Waals surface area contributed by atoms with Crippen molar-refractivity contribution in [3.63, 3.8) is 0 Å². The zero-order chi connectivity index (χ0) is 13.0. The Morgan fingerprint density at radius 1 is 1.00 bits per heavy atom. The lowest BCUT2D eigenvalue weighted by molar-refractivity contribution is 0.295. The van der Waals surface area contributed by atoms with Crippen molar-refractivity contribution in [3.05, 3.63) is 54.1 Å². The lowest BCUT2D eigenvalue weighted by atomic mass is 9.87. The molecule has 0 aliphatic carbocycles. The maximum absolute atomic E-state index is 5.63. The Morgan fingerprint density at radius 2 is 1.61 bits per heavy atom. The fourth-order valence-corrected chi connectivity index (χ4v) is 1.60. The van der Waals surface area contributed by atoms with Crippen molar-refractivity contribution in [1.82, 2.24) is 9.97 Å². The van der Waals surface area contributed by atoms with Crippen LogP contribution in [-0.4, -0.2) is 9.97 Å². The Balaban J connectivity index is 1.99. The molecule has 18 heavy (non-hydrogen) atoms. The van der Waals surface area contributed by atoms with Gasteiger partial charge in [0.25, 0.3) is 0 Å². The summed E-state index contributed by atoms with van der Waals surface area (Å²) < 4.78 is 5.63. The minimum atomic E-state index is 0.168. The number of nitrogens with zero attached hydrogens (tertiary/aromatic N) is 2. The molecule has 0 aliphatic heterocycles. The Kier molecular flexibility index (Phi) is 3.60. The lowest BCUT2D eigenvalue weighted by Gasteiger charge is -2.19. The molecule has 0 atom stereocenters. The van der Waals surface area contributed by atoms with E-state index >= 15 is 0 Å². The second-order valence-electron chi connectivity index (χ2n) is 5.23. The van der Waals surface area contributed by atoms with Crippen LogP contribution in [-0.2, 0) is 12.0 Å².